The van der Waals surface area contributed by atoms with Gasteiger partial charge in [0.05, 0.1) is 0 Å². The molecule has 0 saturated carbocycles. The summed E-state index contributed by atoms with van der Waals surface area (Å²) >= 11 is 13.2. The van der Waals surface area contributed by atoms with Crippen molar-refractivity contribution in [2.75, 3.05) is 26.2 Å². The van der Waals surface area contributed by atoms with E-state index in [1.807, 2.05) is 24.3 Å². The van der Waals surface area contributed by atoms with Crippen molar-refractivity contribution in [3.63, 3.8) is 0 Å². The monoisotopic (exact) mass is 481 g/mol. The van der Waals surface area contributed by atoms with Gasteiger partial charge in [0.25, 0.3) is 0 Å². The van der Waals surface area contributed by atoms with E-state index in [1.54, 1.807) is 12.1 Å². The Hall–Kier alpha value is -1.42. The van der Waals surface area contributed by atoms with Crippen molar-refractivity contribution >= 4 is 37.7 Å². The molecule has 28 heavy (non-hydrogen) atoms. The molecular formula is C22H21Cl2NO2Se. The number of ether oxygens (including phenoxy) is 1. The van der Waals surface area contributed by atoms with Crippen LogP contribution in [-0.4, -0.2) is 50.8 Å². The van der Waals surface area contributed by atoms with Gasteiger partial charge in [0.15, 0.2) is 0 Å². The number of benzene rings is 2. The van der Waals surface area contributed by atoms with Crippen molar-refractivity contribution in [2.45, 2.75) is 12.8 Å². The van der Waals surface area contributed by atoms with Crippen LogP contribution in [0.25, 0.3) is 22.3 Å². The molecule has 2 aromatic carbocycles. The Kier molecular flexibility index (Phi) is 6.35. The van der Waals surface area contributed by atoms with Gasteiger partial charge in [0.1, 0.15) is 0 Å². The van der Waals surface area contributed by atoms with E-state index in [9.17, 15) is 5.11 Å². The fraction of sp³-hybridized carbons (Fsp3) is 0.273. The van der Waals surface area contributed by atoms with E-state index in [4.69, 9.17) is 27.9 Å². The number of aromatic hydroxyl groups is 1. The Morgan fingerprint density at radius 3 is 2.18 bits per heavy atom. The van der Waals surface area contributed by atoms with Gasteiger partial charge in [-0.2, -0.15) is 0 Å². The molecule has 1 aliphatic heterocycles. The van der Waals surface area contributed by atoms with Crippen molar-refractivity contribution in [1.29, 1.82) is 0 Å². The number of phenols is 1. The van der Waals surface area contributed by atoms with Crippen LogP contribution in [-0.2, 0) is 0 Å². The van der Waals surface area contributed by atoms with Crippen molar-refractivity contribution in [2.24, 2.45) is 0 Å². The van der Waals surface area contributed by atoms with Crippen LogP contribution >= 0.6 is 23.2 Å². The van der Waals surface area contributed by atoms with E-state index in [-0.39, 0.29) is 20.3 Å². The Bertz CT molecular complexity index is 967. The first-order valence-electron chi connectivity index (χ1n) is 9.32. The fourth-order valence-corrected chi connectivity index (χ4v) is 5.87. The molecule has 3 nitrogen and oxygen atoms in total. The number of rotatable bonds is 6. The van der Waals surface area contributed by atoms with Crippen LogP contribution in [0.2, 0.25) is 10.0 Å². The molecule has 0 atom stereocenters. The second-order valence-electron chi connectivity index (χ2n) is 6.90. The summed E-state index contributed by atoms with van der Waals surface area (Å²) in [5.41, 5.74) is 4.03. The van der Waals surface area contributed by atoms with Gasteiger partial charge in [0.2, 0.25) is 0 Å². The van der Waals surface area contributed by atoms with Crippen LogP contribution in [0.4, 0.5) is 0 Å². The first-order chi connectivity index (χ1) is 13.6. The summed E-state index contributed by atoms with van der Waals surface area (Å²) in [6.45, 7) is 3.98. The van der Waals surface area contributed by atoms with Crippen molar-refractivity contribution in [3.05, 3.63) is 56.3 Å². The first kappa shape index (κ1) is 19.9. The number of phenolic OH excluding ortho intramolecular Hbond substituents is 1. The van der Waals surface area contributed by atoms with E-state index in [0.717, 1.165) is 34.5 Å². The predicted molar refractivity (Wildman–Crippen MR) is 117 cm³/mol. The van der Waals surface area contributed by atoms with E-state index in [1.165, 1.54) is 25.9 Å². The maximum absolute atomic E-state index is 9.63. The number of hydrogen-bond acceptors (Lipinski definition) is 3. The van der Waals surface area contributed by atoms with Gasteiger partial charge in [-0.05, 0) is 0 Å². The zero-order valence-electron chi connectivity index (χ0n) is 15.3. The molecule has 2 heterocycles. The topological polar surface area (TPSA) is 32.7 Å². The van der Waals surface area contributed by atoms with Crippen LogP contribution in [0.15, 0.2) is 46.3 Å². The molecule has 1 aromatic heterocycles. The molecule has 0 aliphatic carbocycles. The normalized spacial score (nSPS) is 14.5. The van der Waals surface area contributed by atoms with Crippen LogP contribution in [0.3, 0.4) is 0 Å². The summed E-state index contributed by atoms with van der Waals surface area (Å²) < 4.78 is 5.90. The van der Waals surface area contributed by atoms with Crippen LogP contribution in [0, 0.1) is 0 Å². The van der Waals surface area contributed by atoms with Gasteiger partial charge in [0, 0.05) is 0 Å². The quantitative estimate of drug-likeness (QED) is 0.468. The Labute approximate surface area is 181 Å². The van der Waals surface area contributed by atoms with E-state index >= 15 is 0 Å². The molecule has 146 valence electrons. The Balaban J connectivity index is 1.53. The summed E-state index contributed by atoms with van der Waals surface area (Å²) in [6, 6.07) is 11.0. The SMILES string of the molecule is Oc1ccc(-c2c[se]cc2-c2ccc(OCCN3CCCC3)cc2Cl)c(Cl)c1. The summed E-state index contributed by atoms with van der Waals surface area (Å²) in [5.74, 6) is 0.960. The van der Waals surface area contributed by atoms with Crippen LogP contribution in [0.1, 0.15) is 12.8 Å². The number of likely N-dealkylation sites (tertiary alicyclic amines) is 1. The van der Waals surface area contributed by atoms with Crippen molar-refractivity contribution in [1.82, 2.24) is 4.90 Å². The molecule has 0 spiro atoms. The number of hydrogen-bond donors (Lipinski definition) is 1. The minimum absolute atomic E-state index is 0.164. The zero-order valence-corrected chi connectivity index (χ0v) is 18.6. The summed E-state index contributed by atoms with van der Waals surface area (Å²) in [4.78, 5) is 6.83. The van der Waals surface area contributed by atoms with Crippen molar-refractivity contribution < 1.29 is 9.84 Å². The second-order valence-corrected chi connectivity index (χ2v) is 9.28. The standard InChI is InChI=1S/C22H21Cl2NO2Se/c23-21-11-15(26)3-5-17(21)19-13-28-14-20(19)18-6-4-16(12-22(18)24)27-10-9-25-7-1-2-8-25/h3-6,11-14,26H,1-2,7-10H2. The Morgan fingerprint density at radius 2 is 1.54 bits per heavy atom. The Morgan fingerprint density at radius 1 is 0.893 bits per heavy atom. The van der Waals surface area contributed by atoms with Crippen molar-refractivity contribution in [3.8, 4) is 33.8 Å². The molecule has 0 bridgehead atoms. The van der Waals surface area contributed by atoms with Gasteiger partial charge in [-0.3, -0.25) is 0 Å². The minimum atomic E-state index is 0.164. The number of halogens is 2. The summed E-state index contributed by atoms with van der Waals surface area (Å²) in [7, 11) is 0. The van der Waals surface area contributed by atoms with E-state index in [2.05, 4.69) is 14.8 Å². The fourth-order valence-electron chi connectivity index (χ4n) is 3.54. The van der Waals surface area contributed by atoms with Gasteiger partial charge in [-0.1, -0.05) is 0 Å². The molecule has 1 aliphatic rings. The van der Waals surface area contributed by atoms with E-state index in [0.29, 0.717) is 16.7 Å². The van der Waals surface area contributed by atoms with E-state index < -0.39 is 0 Å². The molecule has 1 fully saturated rings. The van der Waals surface area contributed by atoms with Gasteiger partial charge >= 0.3 is 182 Å². The number of nitrogens with zero attached hydrogens (tertiary/aromatic N) is 1. The van der Waals surface area contributed by atoms with Gasteiger partial charge in [-0.25, -0.2) is 0 Å². The first-order valence-corrected chi connectivity index (χ1v) is 12.1. The summed E-state index contributed by atoms with van der Waals surface area (Å²) in [5, 5.41) is 10.8. The molecule has 1 N–H and O–H groups in total. The zero-order chi connectivity index (χ0) is 19.5. The second kappa shape index (κ2) is 8.94. The summed E-state index contributed by atoms with van der Waals surface area (Å²) in [6.07, 6.45) is 2.58. The average Bonchev–Trinajstić information content (AvgIpc) is 3.34. The third-order valence-electron chi connectivity index (χ3n) is 5.01. The third kappa shape index (κ3) is 4.42. The average molecular weight is 481 g/mol. The molecule has 0 amide bonds. The molecule has 0 radical (unpaired) electrons. The molecule has 4 rings (SSSR count). The predicted octanol–water partition coefficient (Wildman–Crippen LogP) is 5.56. The van der Waals surface area contributed by atoms with Gasteiger partial charge < -0.3 is 0 Å². The molecule has 0 unspecified atom stereocenters. The van der Waals surface area contributed by atoms with Gasteiger partial charge in [-0.15, -0.1) is 0 Å². The van der Waals surface area contributed by atoms with Crippen LogP contribution < -0.4 is 4.74 Å². The third-order valence-corrected chi connectivity index (χ3v) is 7.20. The molecular weight excluding hydrogens is 460 g/mol. The molecule has 6 heteroatoms. The molecule has 1 saturated heterocycles. The maximum atomic E-state index is 9.63. The van der Waals surface area contributed by atoms with Crippen LogP contribution in [0.5, 0.6) is 11.5 Å². The molecule has 3 aromatic rings.